The van der Waals surface area contributed by atoms with Crippen LogP contribution in [0.4, 0.5) is 5.69 Å². The normalized spacial score (nSPS) is 15.1. The average Bonchev–Trinajstić information content (AvgIpc) is 2.79. The second-order valence-electron chi connectivity index (χ2n) is 7.67. The lowest BCUT2D eigenvalue weighted by atomic mass is 9.96. The van der Waals surface area contributed by atoms with Crippen molar-refractivity contribution in [2.45, 2.75) is 43.0 Å². The van der Waals surface area contributed by atoms with Gasteiger partial charge in [0.1, 0.15) is 0 Å². The number of carbonyl (C=O) groups is 1. The summed E-state index contributed by atoms with van der Waals surface area (Å²) in [6.07, 6.45) is 8.10. The van der Waals surface area contributed by atoms with Crippen LogP contribution in [0.2, 0.25) is 5.02 Å². The first-order valence-corrected chi connectivity index (χ1v) is 12.6. The Labute approximate surface area is 199 Å². The van der Waals surface area contributed by atoms with Crippen molar-refractivity contribution in [2.75, 3.05) is 12.4 Å². The zero-order chi connectivity index (χ0) is 23.1. The number of sulfonamides is 1. The number of hydrogen-bond donors (Lipinski definition) is 2. The average molecular weight is 492 g/mol. The number of benzene rings is 2. The van der Waals surface area contributed by atoms with E-state index in [1.165, 1.54) is 10.4 Å². The molecule has 0 aromatic heterocycles. The quantitative estimate of drug-likeness (QED) is 0.447. The fourth-order valence-electron chi connectivity index (χ4n) is 3.58. The Balaban J connectivity index is 1.55. The highest BCUT2D eigenvalue weighted by Crippen LogP contribution is 2.27. The third kappa shape index (κ3) is 6.62. The molecule has 9 heteroatoms. The molecule has 32 heavy (non-hydrogen) atoms. The van der Waals surface area contributed by atoms with Gasteiger partial charge in [-0.3, -0.25) is 10.1 Å². The van der Waals surface area contributed by atoms with Crippen molar-refractivity contribution in [2.24, 2.45) is 0 Å². The van der Waals surface area contributed by atoms with Gasteiger partial charge in [0.15, 0.2) is 5.11 Å². The third-order valence-corrected chi connectivity index (χ3v) is 7.79. The number of thiocarbonyl (C=S) groups is 1. The van der Waals surface area contributed by atoms with E-state index in [1.54, 1.807) is 61.7 Å². The van der Waals surface area contributed by atoms with Crippen LogP contribution in [0.3, 0.4) is 0 Å². The monoisotopic (exact) mass is 491 g/mol. The van der Waals surface area contributed by atoms with E-state index in [4.69, 9.17) is 23.8 Å². The molecular formula is C23H26ClN3O3S2. The van der Waals surface area contributed by atoms with E-state index < -0.39 is 10.0 Å². The van der Waals surface area contributed by atoms with E-state index in [-0.39, 0.29) is 22.0 Å². The van der Waals surface area contributed by atoms with Crippen molar-refractivity contribution in [3.63, 3.8) is 0 Å². The maximum atomic E-state index is 12.9. The maximum absolute atomic E-state index is 12.9. The number of nitrogens with zero attached hydrogens (tertiary/aromatic N) is 1. The van der Waals surface area contributed by atoms with E-state index in [9.17, 15) is 13.2 Å². The molecular weight excluding hydrogens is 466 g/mol. The molecule has 0 heterocycles. The number of nitrogens with one attached hydrogen (secondary N) is 2. The summed E-state index contributed by atoms with van der Waals surface area (Å²) in [6.45, 7) is 0. The van der Waals surface area contributed by atoms with Gasteiger partial charge in [0, 0.05) is 29.9 Å². The number of carbonyl (C=O) groups excluding carboxylic acids is 1. The maximum Gasteiger partial charge on any atom is 0.250 e. The molecule has 0 bridgehead atoms. The molecule has 0 spiro atoms. The number of halogens is 1. The summed E-state index contributed by atoms with van der Waals surface area (Å²) < 4.78 is 27.3. The first kappa shape index (κ1) is 24.4. The molecule has 2 aromatic carbocycles. The number of rotatable bonds is 6. The summed E-state index contributed by atoms with van der Waals surface area (Å²) >= 11 is 11.0. The predicted molar refractivity (Wildman–Crippen MR) is 133 cm³/mol. The van der Waals surface area contributed by atoms with Crippen LogP contribution in [-0.4, -0.2) is 36.8 Å². The molecule has 0 radical (unpaired) electrons. The third-order valence-electron chi connectivity index (χ3n) is 5.41. The zero-order valence-corrected chi connectivity index (χ0v) is 20.1. The van der Waals surface area contributed by atoms with Gasteiger partial charge >= 0.3 is 0 Å². The Morgan fingerprint density at radius 3 is 2.31 bits per heavy atom. The standard InChI is InChI=1S/C23H26ClN3O3S2/c1-27(20-5-3-2-4-6-20)32(29,30)21-14-12-19(13-15-21)25-23(31)26-22(28)16-9-17-7-10-18(24)11-8-17/h7-16,20H,2-6H2,1H3,(H2,25,26,28,31)/b16-9+. The van der Waals surface area contributed by atoms with Crippen LogP contribution in [0.15, 0.2) is 59.5 Å². The van der Waals surface area contributed by atoms with Crippen LogP contribution < -0.4 is 10.6 Å². The predicted octanol–water partition coefficient (Wildman–Crippen LogP) is 4.82. The Morgan fingerprint density at radius 2 is 1.69 bits per heavy atom. The van der Waals surface area contributed by atoms with E-state index in [0.29, 0.717) is 10.7 Å². The van der Waals surface area contributed by atoms with Crippen molar-refractivity contribution in [1.82, 2.24) is 9.62 Å². The Kier molecular flexibility index (Phi) is 8.42. The van der Waals surface area contributed by atoms with Crippen molar-refractivity contribution in [1.29, 1.82) is 0 Å². The summed E-state index contributed by atoms with van der Waals surface area (Å²) in [5.74, 6) is -0.384. The van der Waals surface area contributed by atoms with Crippen LogP contribution >= 0.6 is 23.8 Å². The molecule has 0 unspecified atom stereocenters. The molecule has 1 fully saturated rings. The van der Waals surface area contributed by atoms with Crippen LogP contribution in [0.5, 0.6) is 0 Å². The van der Waals surface area contributed by atoms with Gasteiger partial charge in [-0.15, -0.1) is 0 Å². The molecule has 0 aliphatic heterocycles. The summed E-state index contributed by atoms with van der Waals surface area (Å²) in [6, 6.07) is 13.5. The molecule has 1 amide bonds. The number of hydrogen-bond acceptors (Lipinski definition) is 4. The highest BCUT2D eigenvalue weighted by molar-refractivity contribution is 7.89. The highest BCUT2D eigenvalue weighted by Gasteiger charge is 2.28. The minimum atomic E-state index is -3.55. The summed E-state index contributed by atoms with van der Waals surface area (Å²) in [7, 11) is -1.90. The van der Waals surface area contributed by atoms with E-state index in [0.717, 1.165) is 37.7 Å². The molecule has 170 valence electrons. The van der Waals surface area contributed by atoms with Crippen molar-refractivity contribution in [3.05, 3.63) is 65.2 Å². The molecule has 0 saturated heterocycles. The molecule has 0 atom stereocenters. The van der Waals surface area contributed by atoms with Crippen LogP contribution in [0.1, 0.15) is 37.7 Å². The lowest BCUT2D eigenvalue weighted by molar-refractivity contribution is -0.115. The van der Waals surface area contributed by atoms with Gasteiger partial charge in [-0.2, -0.15) is 4.31 Å². The molecule has 1 aliphatic rings. The number of anilines is 1. The van der Waals surface area contributed by atoms with Gasteiger partial charge in [-0.1, -0.05) is 43.0 Å². The molecule has 6 nitrogen and oxygen atoms in total. The lowest BCUT2D eigenvalue weighted by Gasteiger charge is -2.30. The van der Waals surface area contributed by atoms with E-state index in [2.05, 4.69) is 10.6 Å². The smallest absolute Gasteiger partial charge is 0.250 e. The lowest BCUT2D eigenvalue weighted by Crippen LogP contribution is -2.38. The first-order valence-electron chi connectivity index (χ1n) is 10.4. The van der Waals surface area contributed by atoms with E-state index in [1.807, 2.05) is 0 Å². The molecule has 1 aliphatic carbocycles. The van der Waals surface area contributed by atoms with Gasteiger partial charge < -0.3 is 5.32 Å². The molecule has 3 rings (SSSR count). The van der Waals surface area contributed by atoms with E-state index >= 15 is 0 Å². The zero-order valence-electron chi connectivity index (χ0n) is 17.8. The minimum absolute atomic E-state index is 0.0512. The second kappa shape index (κ2) is 11.0. The Hall–Kier alpha value is -2.26. The summed E-state index contributed by atoms with van der Waals surface area (Å²) in [5.41, 5.74) is 1.41. The van der Waals surface area contributed by atoms with Crippen LogP contribution in [-0.2, 0) is 14.8 Å². The molecule has 2 N–H and O–H groups in total. The van der Waals surface area contributed by atoms with Crippen LogP contribution in [0.25, 0.3) is 6.08 Å². The summed E-state index contributed by atoms with van der Waals surface area (Å²) in [4.78, 5) is 12.3. The first-order chi connectivity index (χ1) is 15.3. The van der Waals surface area contributed by atoms with Crippen LogP contribution in [0, 0.1) is 0 Å². The molecule has 1 saturated carbocycles. The second-order valence-corrected chi connectivity index (χ2v) is 10.5. The minimum Gasteiger partial charge on any atom is -0.332 e. The number of amides is 1. The Bertz CT molecular complexity index is 1080. The van der Waals surface area contributed by atoms with Gasteiger partial charge in [0.25, 0.3) is 0 Å². The fourth-order valence-corrected chi connectivity index (χ4v) is 5.34. The van der Waals surface area contributed by atoms with Gasteiger partial charge in [0.05, 0.1) is 4.90 Å². The van der Waals surface area contributed by atoms with Crippen molar-refractivity contribution < 1.29 is 13.2 Å². The highest BCUT2D eigenvalue weighted by atomic mass is 35.5. The van der Waals surface area contributed by atoms with Gasteiger partial charge in [0.2, 0.25) is 15.9 Å². The SMILES string of the molecule is CN(C1CCCCC1)S(=O)(=O)c1ccc(NC(=S)NC(=O)/C=C/c2ccc(Cl)cc2)cc1. The van der Waals surface area contributed by atoms with Crippen molar-refractivity contribution >= 4 is 56.6 Å². The fraction of sp³-hybridized carbons (Fsp3) is 0.304. The topological polar surface area (TPSA) is 78.5 Å². The van der Waals surface area contributed by atoms with Gasteiger partial charge in [-0.05, 0) is 73.1 Å². The summed E-state index contributed by atoms with van der Waals surface area (Å²) in [5, 5.41) is 6.19. The Morgan fingerprint density at radius 1 is 1.06 bits per heavy atom. The van der Waals surface area contributed by atoms with Gasteiger partial charge in [-0.25, -0.2) is 8.42 Å². The molecule has 2 aromatic rings. The largest absolute Gasteiger partial charge is 0.332 e. The van der Waals surface area contributed by atoms with Crippen molar-refractivity contribution in [3.8, 4) is 0 Å².